The lowest BCUT2D eigenvalue weighted by Crippen LogP contribution is -2.36. The Balaban J connectivity index is 1.93. The van der Waals surface area contributed by atoms with E-state index in [2.05, 4.69) is 20.6 Å². The van der Waals surface area contributed by atoms with E-state index in [9.17, 15) is 13.6 Å². The Kier molecular flexibility index (Phi) is 5.37. The van der Waals surface area contributed by atoms with E-state index in [0.717, 1.165) is 6.20 Å². The molecule has 0 saturated heterocycles. The maximum absolute atomic E-state index is 14.6. The number of carbonyl (C=O) groups excluding carboxylic acids is 1. The van der Waals surface area contributed by atoms with Crippen LogP contribution in [0.1, 0.15) is 22.0 Å². The number of nitrogens with one attached hydrogen (secondary N) is 3. The third-order valence-electron chi connectivity index (χ3n) is 5.01. The summed E-state index contributed by atoms with van der Waals surface area (Å²) in [4.78, 5) is 19.8. The fraction of sp³-hybridized carbons (Fsp3) is 0.238. The summed E-state index contributed by atoms with van der Waals surface area (Å²) in [6.45, 7) is 0.732. The van der Waals surface area contributed by atoms with Crippen molar-refractivity contribution in [1.82, 2.24) is 15.3 Å². The predicted molar refractivity (Wildman–Crippen MR) is 107 cm³/mol. The lowest BCUT2D eigenvalue weighted by molar-refractivity contribution is 0.0925. The summed E-state index contributed by atoms with van der Waals surface area (Å²) in [5.41, 5.74) is 2.13. The molecule has 0 fully saturated rings. The molecule has 3 N–H and O–H groups in total. The number of amides is 1. The van der Waals surface area contributed by atoms with Crippen molar-refractivity contribution in [2.24, 2.45) is 0 Å². The van der Waals surface area contributed by atoms with Crippen LogP contribution in [0.3, 0.4) is 0 Å². The van der Waals surface area contributed by atoms with Crippen LogP contribution in [0.25, 0.3) is 11.3 Å². The number of halogens is 2. The minimum Gasteiger partial charge on any atom is -0.492 e. The zero-order chi connectivity index (χ0) is 21.3. The first kappa shape index (κ1) is 19.8. The quantitative estimate of drug-likeness (QED) is 0.574. The second-order valence-corrected chi connectivity index (χ2v) is 6.83. The molecule has 1 aliphatic heterocycles. The van der Waals surface area contributed by atoms with Crippen LogP contribution < -0.4 is 15.4 Å². The van der Waals surface area contributed by atoms with Gasteiger partial charge in [0.2, 0.25) is 0 Å². The number of aromatic nitrogens is 2. The van der Waals surface area contributed by atoms with Crippen molar-refractivity contribution in [2.45, 2.75) is 5.92 Å². The van der Waals surface area contributed by atoms with E-state index in [1.54, 1.807) is 13.2 Å². The monoisotopic (exact) mass is 414 g/mol. The number of nitrogens with zero attached hydrogens (tertiary/aromatic N) is 1. The van der Waals surface area contributed by atoms with Crippen LogP contribution in [0.15, 0.2) is 36.7 Å². The van der Waals surface area contributed by atoms with Gasteiger partial charge in [-0.25, -0.2) is 8.78 Å². The number of H-pyrrole nitrogens is 1. The van der Waals surface area contributed by atoms with Crippen molar-refractivity contribution in [3.63, 3.8) is 0 Å². The Morgan fingerprint density at radius 1 is 1.23 bits per heavy atom. The first-order valence-corrected chi connectivity index (χ1v) is 9.27. The van der Waals surface area contributed by atoms with Crippen LogP contribution in [0.2, 0.25) is 0 Å². The van der Waals surface area contributed by atoms with Crippen LogP contribution in [0.4, 0.5) is 20.2 Å². The largest absolute Gasteiger partial charge is 0.492 e. The highest BCUT2D eigenvalue weighted by molar-refractivity contribution is 6.06. The van der Waals surface area contributed by atoms with Gasteiger partial charge < -0.3 is 25.1 Å². The molecular weight excluding hydrogens is 394 g/mol. The Morgan fingerprint density at radius 3 is 2.80 bits per heavy atom. The van der Waals surface area contributed by atoms with E-state index in [0.29, 0.717) is 41.5 Å². The number of benzene rings is 1. The number of methoxy groups -OCH3 is 2. The molecule has 2 aromatic heterocycles. The van der Waals surface area contributed by atoms with Crippen molar-refractivity contribution in [3.8, 4) is 17.0 Å². The summed E-state index contributed by atoms with van der Waals surface area (Å²) in [5.74, 6) is -1.62. The topological polar surface area (TPSA) is 88.3 Å². The van der Waals surface area contributed by atoms with Crippen molar-refractivity contribution in [1.29, 1.82) is 0 Å². The van der Waals surface area contributed by atoms with E-state index in [4.69, 9.17) is 9.47 Å². The predicted octanol–water partition coefficient (Wildman–Crippen LogP) is 3.58. The highest BCUT2D eigenvalue weighted by Gasteiger charge is 2.33. The molecule has 7 nitrogen and oxygen atoms in total. The van der Waals surface area contributed by atoms with Gasteiger partial charge in [0.25, 0.3) is 5.91 Å². The lowest BCUT2D eigenvalue weighted by atomic mass is 9.97. The molecule has 0 radical (unpaired) electrons. The van der Waals surface area contributed by atoms with Crippen LogP contribution in [-0.4, -0.2) is 43.2 Å². The average molecular weight is 414 g/mol. The third-order valence-corrected chi connectivity index (χ3v) is 5.01. The van der Waals surface area contributed by atoms with Crippen LogP contribution in [-0.2, 0) is 4.74 Å². The van der Waals surface area contributed by atoms with E-state index >= 15 is 0 Å². The summed E-state index contributed by atoms with van der Waals surface area (Å²) in [5, 5.41) is 5.90. The van der Waals surface area contributed by atoms with Crippen LogP contribution >= 0.6 is 0 Å². The fourth-order valence-corrected chi connectivity index (χ4v) is 3.67. The number of hydrogen-bond acceptors (Lipinski definition) is 5. The number of rotatable bonds is 6. The number of pyridine rings is 1. The number of anilines is 2. The normalized spacial score (nSPS) is 15.5. The van der Waals surface area contributed by atoms with Gasteiger partial charge in [0.15, 0.2) is 17.4 Å². The minimum absolute atomic E-state index is 0.0155. The maximum Gasteiger partial charge on any atom is 0.255 e. The van der Waals surface area contributed by atoms with Crippen LogP contribution in [0.5, 0.6) is 5.75 Å². The van der Waals surface area contributed by atoms with Gasteiger partial charge in [-0.3, -0.25) is 9.78 Å². The molecule has 9 heteroatoms. The van der Waals surface area contributed by atoms with Crippen molar-refractivity contribution >= 4 is 17.3 Å². The minimum atomic E-state index is -0.565. The molecule has 30 heavy (non-hydrogen) atoms. The van der Waals surface area contributed by atoms with Crippen LogP contribution in [0, 0.1) is 11.6 Å². The first-order chi connectivity index (χ1) is 14.5. The summed E-state index contributed by atoms with van der Waals surface area (Å²) < 4.78 is 39.2. The second kappa shape index (κ2) is 8.11. The lowest BCUT2D eigenvalue weighted by Gasteiger charge is -2.23. The smallest absolute Gasteiger partial charge is 0.255 e. The molecule has 0 unspecified atom stereocenters. The molecule has 1 aliphatic rings. The number of fused-ring (bicyclic) bond motifs is 1. The third kappa shape index (κ3) is 3.37. The van der Waals surface area contributed by atoms with Gasteiger partial charge in [-0.15, -0.1) is 0 Å². The SMILES string of the molecule is COC[C@@H]1CNC(=O)c2c1[nH]c(-c1ccncc1F)c2Nc1cccc(F)c1OC. The summed E-state index contributed by atoms with van der Waals surface area (Å²) >= 11 is 0. The molecule has 1 aromatic carbocycles. The zero-order valence-corrected chi connectivity index (χ0v) is 16.4. The van der Waals surface area contributed by atoms with Crippen molar-refractivity contribution < 1.29 is 23.0 Å². The van der Waals surface area contributed by atoms with Gasteiger partial charge in [0.1, 0.15) is 0 Å². The van der Waals surface area contributed by atoms with Crippen molar-refractivity contribution in [2.75, 3.05) is 32.7 Å². The second-order valence-electron chi connectivity index (χ2n) is 6.83. The molecule has 156 valence electrons. The van der Waals surface area contributed by atoms with Gasteiger partial charge in [-0.05, 0) is 18.2 Å². The Bertz CT molecular complexity index is 1100. The molecule has 1 amide bonds. The summed E-state index contributed by atoms with van der Waals surface area (Å²) in [6, 6.07) is 5.90. The Labute approximate surface area is 171 Å². The van der Waals surface area contributed by atoms with E-state index in [1.165, 1.54) is 31.5 Å². The molecule has 4 rings (SSSR count). The highest BCUT2D eigenvalue weighted by Crippen LogP contribution is 2.42. The summed E-state index contributed by atoms with van der Waals surface area (Å²) in [6.07, 6.45) is 2.55. The standard InChI is InChI=1S/C21H20F2N4O3/c1-29-10-11-8-25-21(28)16-17(11)27-18(12-6-7-24-9-14(12)23)19(16)26-15-5-3-4-13(22)20(15)30-2/h3-7,9,11,26-27H,8,10H2,1-2H3,(H,25,28)/t11-/m0/s1. The van der Waals surface area contributed by atoms with Crippen molar-refractivity contribution in [3.05, 3.63) is 59.6 Å². The first-order valence-electron chi connectivity index (χ1n) is 9.27. The molecule has 0 saturated carbocycles. The molecule has 3 aromatic rings. The zero-order valence-electron chi connectivity index (χ0n) is 16.4. The summed E-state index contributed by atoms with van der Waals surface area (Å²) in [7, 11) is 2.92. The van der Waals surface area contributed by atoms with E-state index < -0.39 is 11.6 Å². The molecular formula is C21H20F2N4O3. The van der Waals surface area contributed by atoms with E-state index in [-0.39, 0.29) is 23.1 Å². The molecule has 0 bridgehead atoms. The molecule has 3 heterocycles. The average Bonchev–Trinajstić information content (AvgIpc) is 3.11. The molecule has 0 spiro atoms. The van der Waals surface area contributed by atoms with Gasteiger partial charge in [0.05, 0.1) is 42.5 Å². The van der Waals surface area contributed by atoms with Gasteiger partial charge in [0, 0.05) is 37.0 Å². The van der Waals surface area contributed by atoms with Gasteiger partial charge in [-0.2, -0.15) is 0 Å². The number of hydrogen-bond donors (Lipinski definition) is 3. The Hall–Kier alpha value is -3.46. The molecule has 0 aliphatic carbocycles. The van der Waals surface area contributed by atoms with Gasteiger partial charge >= 0.3 is 0 Å². The number of ether oxygens (including phenoxy) is 2. The van der Waals surface area contributed by atoms with E-state index in [1.807, 2.05) is 0 Å². The number of carbonyl (C=O) groups is 1. The molecule has 1 atom stereocenters. The number of para-hydroxylation sites is 1. The number of aromatic amines is 1. The van der Waals surface area contributed by atoms with Gasteiger partial charge in [-0.1, -0.05) is 6.07 Å². The Morgan fingerprint density at radius 2 is 2.07 bits per heavy atom. The maximum atomic E-state index is 14.6. The fourth-order valence-electron chi connectivity index (χ4n) is 3.67. The highest BCUT2D eigenvalue weighted by atomic mass is 19.1.